The molecule has 0 radical (unpaired) electrons. The molecule has 1 heterocycles. The van der Waals surface area contributed by atoms with E-state index in [0.29, 0.717) is 25.0 Å². The van der Waals surface area contributed by atoms with Crippen molar-refractivity contribution < 1.29 is 14.3 Å². The third kappa shape index (κ3) is 1.08. The van der Waals surface area contributed by atoms with Crippen molar-refractivity contribution in [3.8, 4) is 5.75 Å². The molecule has 0 spiro atoms. The monoisotopic (exact) mass is 216 g/mol. The first-order valence-corrected chi connectivity index (χ1v) is 5.44. The van der Waals surface area contributed by atoms with Gasteiger partial charge in [-0.3, -0.25) is 9.59 Å². The van der Waals surface area contributed by atoms with Crippen LogP contribution in [-0.4, -0.2) is 11.8 Å². The second-order valence-electron chi connectivity index (χ2n) is 4.56. The molecule has 0 saturated carbocycles. The molecular formula is C13H12O3. The van der Waals surface area contributed by atoms with Crippen LogP contribution in [0.5, 0.6) is 5.75 Å². The number of carbonyl (C=O) groups is 2. The van der Waals surface area contributed by atoms with E-state index in [0.717, 1.165) is 27.8 Å². The van der Waals surface area contributed by atoms with Crippen molar-refractivity contribution >= 4 is 11.8 Å². The Morgan fingerprint density at radius 1 is 0.875 bits per heavy atom. The fraction of sp³-hybridized carbons (Fsp3) is 0.385. The first-order chi connectivity index (χ1) is 7.58. The van der Waals surface area contributed by atoms with Crippen molar-refractivity contribution in [1.29, 1.82) is 0 Å². The number of hydrogen-bond donors (Lipinski definition) is 0. The summed E-state index contributed by atoms with van der Waals surface area (Å²) in [7, 11) is 0. The molecule has 1 aliphatic heterocycles. The standard InChI is InChI=1S/C13H12O3/c1-6-9-3-8(14)4-10(9)7(2)13-11(6)5-12(15)16-13/h3-5H2,1-2H3. The van der Waals surface area contributed by atoms with E-state index < -0.39 is 0 Å². The number of ketones is 1. The Kier molecular flexibility index (Phi) is 1.76. The van der Waals surface area contributed by atoms with Crippen molar-refractivity contribution in [3.63, 3.8) is 0 Å². The molecule has 1 aromatic carbocycles. The highest BCUT2D eigenvalue weighted by Gasteiger charge is 2.32. The molecule has 3 rings (SSSR count). The lowest BCUT2D eigenvalue weighted by Crippen LogP contribution is -2.01. The largest absolute Gasteiger partial charge is 0.426 e. The van der Waals surface area contributed by atoms with E-state index in [2.05, 4.69) is 0 Å². The van der Waals surface area contributed by atoms with Gasteiger partial charge in [-0.05, 0) is 36.1 Å². The zero-order chi connectivity index (χ0) is 11.4. The van der Waals surface area contributed by atoms with Gasteiger partial charge in [0.05, 0.1) is 6.42 Å². The van der Waals surface area contributed by atoms with Crippen LogP contribution in [0.1, 0.15) is 27.8 Å². The second kappa shape index (κ2) is 2.94. The molecule has 0 atom stereocenters. The number of ether oxygens (including phenoxy) is 1. The first kappa shape index (κ1) is 9.58. The van der Waals surface area contributed by atoms with Crippen molar-refractivity contribution in [3.05, 3.63) is 27.8 Å². The molecule has 0 bridgehead atoms. The van der Waals surface area contributed by atoms with Crippen molar-refractivity contribution in [1.82, 2.24) is 0 Å². The van der Waals surface area contributed by atoms with Crippen LogP contribution < -0.4 is 4.74 Å². The van der Waals surface area contributed by atoms with Crippen LogP contribution in [-0.2, 0) is 28.9 Å². The quantitative estimate of drug-likeness (QED) is 0.486. The third-order valence-electron chi connectivity index (χ3n) is 3.62. The minimum absolute atomic E-state index is 0.184. The molecule has 1 aromatic rings. The van der Waals surface area contributed by atoms with Gasteiger partial charge in [-0.2, -0.15) is 0 Å². The van der Waals surface area contributed by atoms with Crippen LogP contribution in [0.3, 0.4) is 0 Å². The Labute approximate surface area is 93.4 Å². The molecule has 0 fully saturated rings. The first-order valence-electron chi connectivity index (χ1n) is 5.44. The molecule has 3 nitrogen and oxygen atoms in total. The van der Waals surface area contributed by atoms with Gasteiger partial charge in [0, 0.05) is 18.4 Å². The summed E-state index contributed by atoms with van der Waals surface area (Å²) in [4.78, 5) is 22.8. The lowest BCUT2D eigenvalue weighted by molar-refractivity contribution is -0.131. The Morgan fingerprint density at radius 3 is 2.19 bits per heavy atom. The van der Waals surface area contributed by atoms with E-state index in [1.807, 2.05) is 13.8 Å². The molecule has 0 aromatic heterocycles. The maximum atomic E-state index is 11.5. The van der Waals surface area contributed by atoms with Gasteiger partial charge >= 0.3 is 5.97 Å². The van der Waals surface area contributed by atoms with Gasteiger partial charge in [0.2, 0.25) is 0 Å². The molecule has 0 amide bonds. The van der Waals surface area contributed by atoms with Crippen LogP contribution in [0.25, 0.3) is 0 Å². The van der Waals surface area contributed by atoms with Gasteiger partial charge in [-0.25, -0.2) is 0 Å². The molecule has 0 N–H and O–H groups in total. The van der Waals surface area contributed by atoms with Crippen LogP contribution in [0.2, 0.25) is 0 Å². The van der Waals surface area contributed by atoms with Crippen LogP contribution in [0.4, 0.5) is 0 Å². The van der Waals surface area contributed by atoms with E-state index in [-0.39, 0.29) is 11.8 Å². The Hall–Kier alpha value is -1.64. The number of carbonyl (C=O) groups excluding carboxylic acids is 2. The van der Waals surface area contributed by atoms with Gasteiger partial charge in [0.25, 0.3) is 0 Å². The predicted molar refractivity (Wildman–Crippen MR) is 57.7 cm³/mol. The number of hydrogen-bond acceptors (Lipinski definition) is 3. The lowest BCUT2D eigenvalue weighted by atomic mass is 9.93. The summed E-state index contributed by atoms with van der Waals surface area (Å²) < 4.78 is 5.23. The van der Waals surface area contributed by atoms with Crippen molar-refractivity contribution in [2.24, 2.45) is 0 Å². The summed E-state index contributed by atoms with van der Waals surface area (Å²) in [6.07, 6.45) is 1.36. The smallest absolute Gasteiger partial charge is 0.315 e. The second-order valence-corrected chi connectivity index (χ2v) is 4.56. The van der Waals surface area contributed by atoms with Gasteiger partial charge in [-0.15, -0.1) is 0 Å². The van der Waals surface area contributed by atoms with Crippen LogP contribution >= 0.6 is 0 Å². The molecule has 0 unspecified atom stereocenters. The number of rotatable bonds is 0. The zero-order valence-corrected chi connectivity index (χ0v) is 9.35. The summed E-state index contributed by atoms with van der Waals surface area (Å²) in [5, 5.41) is 0. The number of Topliss-reactive ketones (excluding diaryl/α,β-unsaturated/α-hetero) is 1. The summed E-state index contributed by atoms with van der Waals surface area (Å²) in [6, 6.07) is 0. The summed E-state index contributed by atoms with van der Waals surface area (Å²) >= 11 is 0. The van der Waals surface area contributed by atoms with Crippen molar-refractivity contribution in [2.75, 3.05) is 0 Å². The summed E-state index contributed by atoms with van der Waals surface area (Å²) in [5.74, 6) is 0.781. The maximum Gasteiger partial charge on any atom is 0.315 e. The molecule has 2 aliphatic rings. The Balaban J connectivity index is 2.30. The van der Waals surface area contributed by atoms with E-state index in [1.165, 1.54) is 0 Å². The van der Waals surface area contributed by atoms with Crippen molar-refractivity contribution in [2.45, 2.75) is 33.1 Å². The molecule has 16 heavy (non-hydrogen) atoms. The SMILES string of the molecule is Cc1c2c(c(C)c3c1CC(=O)O3)CC(=O)C2. The minimum atomic E-state index is -0.184. The maximum absolute atomic E-state index is 11.5. The van der Waals surface area contributed by atoms with Crippen LogP contribution in [0.15, 0.2) is 0 Å². The minimum Gasteiger partial charge on any atom is -0.426 e. The Bertz CT molecular complexity index is 451. The summed E-state index contributed by atoms with van der Waals surface area (Å²) in [6.45, 7) is 3.92. The van der Waals surface area contributed by atoms with Gasteiger partial charge in [0.15, 0.2) is 0 Å². The molecule has 82 valence electrons. The molecule has 3 heteroatoms. The Morgan fingerprint density at radius 2 is 1.50 bits per heavy atom. The van der Waals surface area contributed by atoms with E-state index in [1.54, 1.807) is 0 Å². The molecular weight excluding hydrogens is 204 g/mol. The topological polar surface area (TPSA) is 43.4 Å². The average Bonchev–Trinajstić information content (AvgIpc) is 2.78. The highest BCUT2D eigenvalue weighted by molar-refractivity contribution is 5.91. The lowest BCUT2D eigenvalue weighted by Gasteiger charge is -2.12. The van der Waals surface area contributed by atoms with E-state index in [9.17, 15) is 9.59 Å². The van der Waals surface area contributed by atoms with Crippen LogP contribution in [0, 0.1) is 13.8 Å². The highest BCUT2D eigenvalue weighted by atomic mass is 16.5. The number of esters is 1. The normalized spacial score (nSPS) is 17.4. The van der Waals surface area contributed by atoms with E-state index in [4.69, 9.17) is 4.74 Å². The summed E-state index contributed by atoms with van der Waals surface area (Å²) in [5.41, 5.74) is 5.24. The zero-order valence-electron chi connectivity index (χ0n) is 9.35. The van der Waals surface area contributed by atoms with Gasteiger partial charge < -0.3 is 4.74 Å². The van der Waals surface area contributed by atoms with E-state index >= 15 is 0 Å². The number of fused-ring (bicyclic) bond motifs is 2. The van der Waals surface area contributed by atoms with Gasteiger partial charge in [0.1, 0.15) is 11.5 Å². The third-order valence-corrected chi connectivity index (χ3v) is 3.62. The number of benzene rings is 1. The predicted octanol–water partition coefficient (Wildman–Crippen LogP) is 1.43. The van der Waals surface area contributed by atoms with Gasteiger partial charge in [-0.1, -0.05) is 0 Å². The average molecular weight is 216 g/mol. The fourth-order valence-corrected chi connectivity index (χ4v) is 2.75. The highest BCUT2D eigenvalue weighted by Crippen LogP contribution is 2.40. The molecule has 0 saturated heterocycles. The molecule has 1 aliphatic carbocycles. The fourth-order valence-electron chi connectivity index (χ4n) is 2.75.